The van der Waals surface area contributed by atoms with Crippen LogP contribution in [-0.4, -0.2) is 31.3 Å². The van der Waals surface area contributed by atoms with Crippen molar-refractivity contribution >= 4 is 46.3 Å². The number of hydrogen-bond donors (Lipinski definition) is 2. The van der Waals surface area contributed by atoms with E-state index in [1.807, 2.05) is 6.07 Å². The highest BCUT2D eigenvalue weighted by Crippen LogP contribution is 2.39. The second kappa shape index (κ2) is 7.72. The van der Waals surface area contributed by atoms with Gasteiger partial charge in [-0.1, -0.05) is 66.4 Å². The van der Waals surface area contributed by atoms with Crippen LogP contribution >= 0.6 is 24.0 Å². The van der Waals surface area contributed by atoms with Crippen LogP contribution in [0.3, 0.4) is 0 Å². The fraction of sp³-hybridized carbons (Fsp3) is 0.105. The molecular formula is C19H15NO4S2. The molecule has 2 N–H and O–H groups in total. The highest BCUT2D eigenvalue weighted by atomic mass is 32.2. The lowest BCUT2D eigenvalue weighted by Gasteiger charge is -2.26. The minimum absolute atomic E-state index is 0.139. The van der Waals surface area contributed by atoms with Gasteiger partial charge in [0.15, 0.2) is 0 Å². The van der Waals surface area contributed by atoms with Gasteiger partial charge in [-0.25, -0.2) is 0 Å². The number of phenols is 1. The summed E-state index contributed by atoms with van der Waals surface area (Å²) in [5.41, 5.74) is 1.47. The van der Waals surface area contributed by atoms with Crippen molar-refractivity contribution in [1.29, 1.82) is 0 Å². The average molecular weight is 385 g/mol. The number of benzene rings is 2. The van der Waals surface area contributed by atoms with Gasteiger partial charge in [-0.15, -0.1) is 0 Å². The Hall–Kier alpha value is -2.64. The summed E-state index contributed by atoms with van der Waals surface area (Å²) in [6.07, 6.45) is 1.45. The van der Waals surface area contributed by atoms with Crippen molar-refractivity contribution in [2.75, 3.05) is 0 Å². The number of carboxylic acid groups (broad SMARTS) is 1. The summed E-state index contributed by atoms with van der Waals surface area (Å²) < 4.78 is 0.329. The van der Waals surface area contributed by atoms with Gasteiger partial charge in [-0.2, -0.15) is 0 Å². The number of aromatic hydroxyl groups is 1. The number of carboxylic acids is 1. The van der Waals surface area contributed by atoms with Crippen molar-refractivity contribution in [1.82, 2.24) is 4.90 Å². The maximum Gasteiger partial charge on any atom is 0.305 e. The second-order valence-corrected chi connectivity index (χ2v) is 7.34. The van der Waals surface area contributed by atoms with Crippen LogP contribution in [0, 0.1) is 0 Å². The second-order valence-electron chi connectivity index (χ2n) is 5.67. The van der Waals surface area contributed by atoms with Crippen molar-refractivity contribution in [3.8, 4) is 5.75 Å². The first-order valence-corrected chi connectivity index (χ1v) is 9.01. The lowest BCUT2D eigenvalue weighted by atomic mass is 10.0. The molecule has 2 aromatic rings. The number of rotatable bonds is 5. The van der Waals surface area contributed by atoms with Crippen molar-refractivity contribution in [2.45, 2.75) is 12.5 Å². The predicted octanol–water partition coefficient (Wildman–Crippen LogP) is 3.81. The van der Waals surface area contributed by atoms with Gasteiger partial charge in [-0.05, 0) is 29.3 Å². The molecule has 0 aliphatic carbocycles. The first-order valence-electron chi connectivity index (χ1n) is 7.78. The van der Waals surface area contributed by atoms with E-state index in [9.17, 15) is 19.8 Å². The van der Waals surface area contributed by atoms with Gasteiger partial charge in [0.2, 0.25) is 0 Å². The summed E-state index contributed by atoms with van der Waals surface area (Å²) >= 11 is 6.50. The number of carbonyl (C=O) groups is 2. The molecule has 5 nitrogen and oxygen atoms in total. The van der Waals surface area contributed by atoms with Gasteiger partial charge >= 0.3 is 5.97 Å². The molecule has 0 radical (unpaired) electrons. The van der Waals surface area contributed by atoms with E-state index < -0.39 is 12.0 Å². The molecule has 7 heteroatoms. The third-order valence-electron chi connectivity index (χ3n) is 3.88. The van der Waals surface area contributed by atoms with Gasteiger partial charge in [0, 0.05) is 0 Å². The largest absolute Gasteiger partial charge is 0.508 e. The molecule has 1 aliphatic heterocycles. The number of phenolic OH excluding ortho intramolecular Hbond substituents is 1. The van der Waals surface area contributed by atoms with E-state index in [0.717, 1.165) is 22.9 Å². The molecule has 3 rings (SSSR count). The molecule has 1 unspecified atom stereocenters. The molecule has 1 heterocycles. The minimum atomic E-state index is -1.00. The van der Waals surface area contributed by atoms with Crippen molar-refractivity contribution < 1.29 is 19.8 Å². The molecule has 1 aliphatic rings. The first-order chi connectivity index (χ1) is 12.5. The van der Waals surface area contributed by atoms with Gasteiger partial charge in [-0.3, -0.25) is 14.5 Å². The molecule has 1 amide bonds. The van der Waals surface area contributed by atoms with E-state index in [1.165, 1.54) is 17.0 Å². The number of thioether (sulfide) groups is 1. The van der Waals surface area contributed by atoms with Gasteiger partial charge in [0.25, 0.3) is 5.91 Å². The van der Waals surface area contributed by atoms with Crippen LogP contribution in [0.1, 0.15) is 23.6 Å². The summed E-state index contributed by atoms with van der Waals surface area (Å²) in [6.45, 7) is 0. The number of aliphatic carboxylic acids is 1. The third kappa shape index (κ3) is 3.95. The molecule has 1 atom stereocenters. The molecular weight excluding hydrogens is 370 g/mol. The van der Waals surface area contributed by atoms with Gasteiger partial charge in [0.1, 0.15) is 10.1 Å². The number of nitrogens with zero attached hydrogens (tertiary/aromatic N) is 1. The molecule has 0 saturated carbocycles. The maximum atomic E-state index is 12.9. The Labute approximate surface area is 160 Å². The lowest BCUT2D eigenvalue weighted by Crippen LogP contribution is -2.34. The van der Waals surface area contributed by atoms with Crippen LogP contribution in [0.2, 0.25) is 0 Å². The average Bonchev–Trinajstić information content (AvgIpc) is 2.89. The van der Waals surface area contributed by atoms with Crippen molar-refractivity contribution in [3.63, 3.8) is 0 Å². The molecule has 0 spiro atoms. The van der Waals surface area contributed by atoms with Gasteiger partial charge < -0.3 is 10.2 Å². The Bertz CT molecular complexity index is 878. The van der Waals surface area contributed by atoms with Crippen LogP contribution in [0.15, 0.2) is 59.5 Å². The van der Waals surface area contributed by atoms with Crippen LogP contribution in [0.25, 0.3) is 6.08 Å². The Morgan fingerprint density at radius 3 is 2.42 bits per heavy atom. The summed E-state index contributed by atoms with van der Waals surface area (Å²) in [4.78, 5) is 26.0. The van der Waals surface area contributed by atoms with Crippen molar-refractivity contribution in [3.05, 3.63) is 70.6 Å². The smallest absolute Gasteiger partial charge is 0.305 e. The number of thiocarbonyl (C=S) groups is 1. The van der Waals surface area contributed by atoms with Crippen molar-refractivity contribution in [2.24, 2.45) is 0 Å². The number of carbonyl (C=O) groups excluding carboxylic acids is 1. The summed E-state index contributed by atoms with van der Waals surface area (Å²) in [5, 5.41) is 18.6. The highest BCUT2D eigenvalue weighted by molar-refractivity contribution is 8.26. The monoisotopic (exact) mass is 385 g/mol. The zero-order chi connectivity index (χ0) is 18.7. The third-order valence-corrected chi connectivity index (χ3v) is 5.21. The molecule has 0 aromatic heterocycles. The van der Waals surface area contributed by atoms with E-state index >= 15 is 0 Å². The fourth-order valence-electron chi connectivity index (χ4n) is 2.67. The number of hydrogen-bond acceptors (Lipinski definition) is 5. The summed E-state index contributed by atoms with van der Waals surface area (Å²) in [6, 6.07) is 14.8. The van der Waals surface area contributed by atoms with E-state index in [-0.39, 0.29) is 18.1 Å². The topological polar surface area (TPSA) is 77.8 Å². The zero-order valence-corrected chi connectivity index (χ0v) is 15.2. The Morgan fingerprint density at radius 1 is 1.15 bits per heavy atom. The SMILES string of the molecule is O=C(O)CC(c1ccccc1)N1C(=O)/C(=C\c2ccc(O)cc2)SC1=S. The molecule has 1 fully saturated rings. The quantitative estimate of drug-likeness (QED) is 0.602. The minimum Gasteiger partial charge on any atom is -0.508 e. The summed E-state index contributed by atoms with van der Waals surface area (Å²) in [7, 11) is 0. The Kier molecular flexibility index (Phi) is 5.39. The van der Waals surface area contributed by atoms with E-state index in [2.05, 4.69) is 0 Å². The number of amides is 1. The van der Waals surface area contributed by atoms with E-state index in [1.54, 1.807) is 42.5 Å². The fourth-order valence-corrected chi connectivity index (χ4v) is 4.03. The maximum absolute atomic E-state index is 12.9. The molecule has 132 valence electrons. The van der Waals surface area contributed by atoms with Crippen LogP contribution < -0.4 is 0 Å². The highest BCUT2D eigenvalue weighted by Gasteiger charge is 2.38. The van der Waals surface area contributed by atoms with E-state index in [0.29, 0.717) is 9.23 Å². The van der Waals surface area contributed by atoms with Crippen LogP contribution in [0.5, 0.6) is 5.75 Å². The van der Waals surface area contributed by atoms with Crippen LogP contribution in [-0.2, 0) is 9.59 Å². The normalized spacial score (nSPS) is 16.9. The lowest BCUT2D eigenvalue weighted by molar-refractivity contribution is -0.138. The van der Waals surface area contributed by atoms with E-state index in [4.69, 9.17) is 12.2 Å². The molecule has 0 bridgehead atoms. The van der Waals surface area contributed by atoms with Gasteiger partial charge in [0.05, 0.1) is 17.4 Å². The first kappa shape index (κ1) is 18.2. The zero-order valence-electron chi connectivity index (χ0n) is 13.5. The standard InChI is InChI=1S/C19H15NO4S2/c21-14-8-6-12(7-9-14)10-16-18(24)20(19(25)26-16)15(11-17(22)23)13-4-2-1-3-5-13/h1-10,15,21H,11H2,(H,22,23)/b16-10+. The Morgan fingerprint density at radius 2 is 1.81 bits per heavy atom. The Balaban J connectivity index is 1.93. The molecule has 1 saturated heterocycles. The summed E-state index contributed by atoms with van der Waals surface area (Å²) in [5.74, 6) is -1.18. The molecule has 2 aromatic carbocycles. The predicted molar refractivity (Wildman–Crippen MR) is 105 cm³/mol. The van der Waals surface area contributed by atoms with Crippen LogP contribution in [0.4, 0.5) is 0 Å². The molecule has 26 heavy (non-hydrogen) atoms.